The van der Waals surface area contributed by atoms with Crippen molar-refractivity contribution in [3.63, 3.8) is 0 Å². The van der Waals surface area contributed by atoms with Gasteiger partial charge in [0.2, 0.25) is 0 Å². The molecule has 0 unspecified atom stereocenters. The number of fused-ring (bicyclic) bond motifs is 1. The molecule has 3 rings (SSSR count). The van der Waals surface area contributed by atoms with Crippen LogP contribution in [-0.4, -0.2) is 14.9 Å². The van der Waals surface area contributed by atoms with E-state index in [-0.39, 0.29) is 11.3 Å². The van der Waals surface area contributed by atoms with Crippen LogP contribution in [0.4, 0.5) is 5.69 Å². The van der Waals surface area contributed by atoms with Gasteiger partial charge in [-0.15, -0.1) is 0 Å². The minimum atomic E-state index is -0.498. The van der Waals surface area contributed by atoms with Gasteiger partial charge < -0.3 is 4.98 Å². The van der Waals surface area contributed by atoms with Gasteiger partial charge in [0.05, 0.1) is 16.1 Å². The van der Waals surface area contributed by atoms with Crippen LogP contribution < -0.4 is 5.56 Å². The summed E-state index contributed by atoms with van der Waals surface area (Å²) in [6, 6.07) is 11.3. The second kappa shape index (κ2) is 4.58. The molecule has 20 heavy (non-hydrogen) atoms. The SMILES string of the molecule is O=c1[nH]c2ncccc2cc1-c1ccccc1[N+](=O)[O-]. The Kier molecular flexibility index (Phi) is 2.76. The minimum Gasteiger partial charge on any atom is -0.306 e. The number of nitro benzene ring substituents is 1. The normalized spacial score (nSPS) is 10.6. The van der Waals surface area contributed by atoms with Crippen LogP contribution in [0.15, 0.2) is 53.5 Å². The van der Waals surface area contributed by atoms with Gasteiger partial charge in [-0.3, -0.25) is 14.9 Å². The second-order valence-electron chi connectivity index (χ2n) is 4.23. The first-order valence-corrected chi connectivity index (χ1v) is 5.88. The number of pyridine rings is 2. The Labute approximate surface area is 112 Å². The highest BCUT2D eigenvalue weighted by molar-refractivity contribution is 5.83. The summed E-state index contributed by atoms with van der Waals surface area (Å²) in [5.74, 6) is 0. The third kappa shape index (κ3) is 1.93. The number of hydrogen-bond donors (Lipinski definition) is 1. The van der Waals surface area contributed by atoms with E-state index in [9.17, 15) is 14.9 Å². The Bertz CT molecular complexity index is 871. The lowest BCUT2D eigenvalue weighted by molar-refractivity contribution is -0.384. The summed E-state index contributed by atoms with van der Waals surface area (Å²) in [5, 5.41) is 11.8. The van der Waals surface area contributed by atoms with Crippen LogP contribution in [0.2, 0.25) is 0 Å². The summed E-state index contributed by atoms with van der Waals surface area (Å²) < 4.78 is 0. The van der Waals surface area contributed by atoms with Crippen molar-refractivity contribution in [2.45, 2.75) is 0 Å². The third-order valence-electron chi connectivity index (χ3n) is 3.01. The van der Waals surface area contributed by atoms with Crippen molar-refractivity contribution in [1.29, 1.82) is 0 Å². The van der Waals surface area contributed by atoms with Crippen LogP contribution in [0.3, 0.4) is 0 Å². The monoisotopic (exact) mass is 267 g/mol. The van der Waals surface area contributed by atoms with Crippen LogP contribution >= 0.6 is 0 Å². The van der Waals surface area contributed by atoms with E-state index in [1.54, 1.807) is 42.6 Å². The maximum atomic E-state index is 12.1. The molecule has 2 aromatic heterocycles. The number of para-hydroxylation sites is 1. The van der Waals surface area contributed by atoms with Gasteiger partial charge in [-0.05, 0) is 24.3 Å². The summed E-state index contributed by atoms with van der Waals surface area (Å²) in [4.78, 5) is 29.3. The lowest BCUT2D eigenvalue weighted by Crippen LogP contribution is -2.10. The molecular formula is C14H9N3O3. The molecule has 6 nitrogen and oxygen atoms in total. The molecule has 0 fully saturated rings. The number of nitrogens with one attached hydrogen (secondary N) is 1. The van der Waals surface area contributed by atoms with Crippen molar-refractivity contribution in [2.75, 3.05) is 0 Å². The van der Waals surface area contributed by atoms with Crippen molar-refractivity contribution in [3.8, 4) is 11.1 Å². The quantitative estimate of drug-likeness (QED) is 0.570. The van der Waals surface area contributed by atoms with Gasteiger partial charge in [-0.25, -0.2) is 4.98 Å². The lowest BCUT2D eigenvalue weighted by Gasteiger charge is -2.03. The maximum Gasteiger partial charge on any atom is 0.277 e. The van der Waals surface area contributed by atoms with Crippen molar-refractivity contribution in [3.05, 3.63) is 69.1 Å². The number of nitrogens with zero attached hydrogens (tertiary/aromatic N) is 2. The Balaban J connectivity index is 2.33. The van der Waals surface area contributed by atoms with Crippen LogP contribution in [0, 0.1) is 10.1 Å². The van der Waals surface area contributed by atoms with Gasteiger partial charge in [0.15, 0.2) is 0 Å². The number of H-pyrrole nitrogens is 1. The van der Waals surface area contributed by atoms with E-state index in [0.29, 0.717) is 11.2 Å². The summed E-state index contributed by atoms with van der Waals surface area (Å²) >= 11 is 0. The first-order valence-electron chi connectivity index (χ1n) is 5.88. The van der Waals surface area contributed by atoms with Gasteiger partial charge >= 0.3 is 0 Å². The summed E-state index contributed by atoms with van der Waals surface area (Å²) in [5.41, 5.74) is 0.522. The molecule has 98 valence electrons. The van der Waals surface area contributed by atoms with Crippen molar-refractivity contribution < 1.29 is 4.92 Å². The van der Waals surface area contributed by atoms with E-state index in [2.05, 4.69) is 9.97 Å². The molecule has 0 spiro atoms. The zero-order chi connectivity index (χ0) is 14.1. The molecule has 0 bridgehead atoms. The van der Waals surface area contributed by atoms with Crippen LogP contribution in [-0.2, 0) is 0 Å². The largest absolute Gasteiger partial charge is 0.306 e. The molecule has 0 saturated heterocycles. The topological polar surface area (TPSA) is 88.9 Å². The van der Waals surface area contributed by atoms with Crippen LogP contribution in [0.1, 0.15) is 0 Å². The van der Waals surface area contributed by atoms with Crippen LogP contribution in [0.5, 0.6) is 0 Å². The molecule has 1 N–H and O–H groups in total. The van der Waals surface area contributed by atoms with E-state index in [0.717, 1.165) is 5.39 Å². The first kappa shape index (κ1) is 12.0. The van der Waals surface area contributed by atoms with E-state index in [1.165, 1.54) is 6.07 Å². The zero-order valence-corrected chi connectivity index (χ0v) is 10.2. The number of benzene rings is 1. The smallest absolute Gasteiger partial charge is 0.277 e. The highest BCUT2D eigenvalue weighted by Crippen LogP contribution is 2.28. The van der Waals surface area contributed by atoms with E-state index >= 15 is 0 Å². The second-order valence-corrected chi connectivity index (χ2v) is 4.23. The Morgan fingerprint density at radius 2 is 1.90 bits per heavy atom. The molecule has 0 aliphatic carbocycles. The number of rotatable bonds is 2. The number of aromatic amines is 1. The highest BCUT2D eigenvalue weighted by Gasteiger charge is 2.17. The molecule has 0 aliphatic heterocycles. The molecule has 0 saturated carbocycles. The Morgan fingerprint density at radius 1 is 1.10 bits per heavy atom. The lowest BCUT2D eigenvalue weighted by atomic mass is 10.0. The Hall–Kier alpha value is -3.02. The standard InChI is InChI=1S/C14H9N3O3/c18-14-11(8-9-4-3-7-15-13(9)16-14)10-5-1-2-6-12(10)17(19)20/h1-8H,(H,15,16,18). The maximum absolute atomic E-state index is 12.1. The molecular weight excluding hydrogens is 258 g/mol. The summed E-state index contributed by atoms with van der Waals surface area (Å²) in [6.07, 6.45) is 1.57. The van der Waals surface area contributed by atoms with Gasteiger partial charge in [0.25, 0.3) is 11.2 Å². The van der Waals surface area contributed by atoms with E-state index in [4.69, 9.17) is 0 Å². The molecule has 6 heteroatoms. The minimum absolute atomic E-state index is 0.0961. The fourth-order valence-electron chi connectivity index (χ4n) is 2.10. The molecule has 0 amide bonds. The van der Waals surface area contributed by atoms with Gasteiger partial charge in [-0.2, -0.15) is 0 Å². The Morgan fingerprint density at radius 3 is 2.70 bits per heavy atom. The van der Waals surface area contributed by atoms with Crippen molar-refractivity contribution in [1.82, 2.24) is 9.97 Å². The summed E-state index contributed by atoms with van der Waals surface area (Å²) in [7, 11) is 0. The van der Waals surface area contributed by atoms with Gasteiger partial charge in [-0.1, -0.05) is 12.1 Å². The average molecular weight is 267 g/mol. The molecule has 3 aromatic rings. The van der Waals surface area contributed by atoms with E-state index in [1.807, 2.05) is 0 Å². The first-order chi connectivity index (χ1) is 9.66. The van der Waals surface area contributed by atoms with Gasteiger partial charge in [0, 0.05) is 17.6 Å². The molecule has 2 heterocycles. The van der Waals surface area contributed by atoms with E-state index < -0.39 is 10.5 Å². The predicted molar refractivity (Wildman–Crippen MR) is 74.5 cm³/mol. The van der Waals surface area contributed by atoms with Gasteiger partial charge in [0.1, 0.15) is 5.65 Å². The van der Waals surface area contributed by atoms with Crippen molar-refractivity contribution in [2.24, 2.45) is 0 Å². The fraction of sp³-hybridized carbons (Fsp3) is 0. The molecule has 0 aliphatic rings. The summed E-state index contributed by atoms with van der Waals surface area (Å²) in [6.45, 7) is 0. The third-order valence-corrected chi connectivity index (χ3v) is 3.01. The highest BCUT2D eigenvalue weighted by atomic mass is 16.6. The van der Waals surface area contributed by atoms with Crippen LogP contribution in [0.25, 0.3) is 22.2 Å². The number of nitro groups is 1. The fourth-order valence-corrected chi connectivity index (χ4v) is 2.10. The number of aromatic nitrogens is 2. The average Bonchev–Trinajstić information content (AvgIpc) is 2.46. The zero-order valence-electron chi connectivity index (χ0n) is 10.2. The van der Waals surface area contributed by atoms with Crippen molar-refractivity contribution >= 4 is 16.7 Å². The predicted octanol–water partition coefficient (Wildman–Crippen LogP) is 2.50. The molecule has 0 atom stereocenters. The molecule has 1 aromatic carbocycles. The molecule has 0 radical (unpaired) electrons. The number of hydrogen-bond acceptors (Lipinski definition) is 4.